The highest BCUT2D eigenvalue weighted by Crippen LogP contribution is 2.06. The first-order valence-corrected chi connectivity index (χ1v) is 7.37. The highest BCUT2D eigenvalue weighted by atomic mass is 16.5. The molecule has 0 radical (unpaired) electrons. The maximum Gasteiger partial charge on any atom is 0.407 e. The molecular weight excluding hydrogens is 294 g/mol. The van der Waals surface area contributed by atoms with Gasteiger partial charge in [-0.2, -0.15) is 0 Å². The number of carboxylic acids is 1. The van der Waals surface area contributed by atoms with Gasteiger partial charge in [0.1, 0.15) is 6.61 Å². The predicted molar refractivity (Wildman–Crippen MR) is 86.1 cm³/mol. The molecular formula is C18H19NO4. The minimum Gasteiger partial charge on any atom is -0.481 e. The topological polar surface area (TPSA) is 75.6 Å². The lowest BCUT2D eigenvalue weighted by molar-refractivity contribution is -0.136. The SMILES string of the molecule is O=C(O)Cc1ccc(CCNC(=O)OCc2ccccc2)cc1. The molecule has 120 valence electrons. The van der Waals surface area contributed by atoms with Crippen molar-refractivity contribution < 1.29 is 19.4 Å². The molecule has 0 fully saturated rings. The molecule has 5 nitrogen and oxygen atoms in total. The van der Waals surface area contributed by atoms with Crippen LogP contribution in [-0.4, -0.2) is 23.7 Å². The third-order valence-electron chi connectivity index (χ3n) is 3.27. The van der Waals surface area contributed by atoms with Crippen LogP contribution in [0.3, 0.4) is 0 Å². The van der Waals surface area contributed by atoms with Crippen molar-refractivity contribution >= 4 is 12.1 Å². The molecule has 0 aliphatic rings. The summed E-state index contributed by atoms with van der Waals surface area (Å²) < 4.78 is 5.11. The van der Waals surface area contributed by atoms with Crippen LogP contribution in [0.2, 0.25) is 0 Å². The Morgan fingerprint density at radius 3 is 2.22 bits per heavy atom. The smallest absolute Gasteiger partial charge is 0.407 e. The third kappa shape index (κ3) is 6.22. The maximum atomic E-state index is 11.6. The summed E-state index contributed by atoms with van der Waals surface area (Å²) in [7, 11) is 0. The third-order valence-corrected chi connectivity index (χ3v) is 3.27. The molecule has 23 heavy (non-hydrogen) atoms. The molecule has 2 aromatic carbocycles. The lowest BCUT2D eigenvalue weighted by Crippen LogP contribution is -2.26. The number of rotatable bonds is 7. The molecule has 2 aromatic rings. The van der Waals surface area contributed by atoms with E-state index in [4.69, 9.17) is 9.84 Å². The minimum absolute atomic E-state index is 0.0182. The number of nitrogens with one attached hydrogen (secondary N) is 1. The number of hydrogen-bond donors (Lipinski definition) is 2. The Kier molecular flexibility index (Phi) is 6.17. The molecule has 0 unspecified atom stereocenters. The van der Waals surface area contributed by atoms with Gasteiger partial charge in [-0.15, -0.1) is 0 Å². The van der Waals surface area contributed by atoms with Gasteiger partial charge in [-0.1, -0.05) is 54.6 Å². The fraction of sp³-hybridized carbons (Fsp3) is 0.222. The highest BCUT2D eigenvalue weighted by Gasteiger charge is 2.03. The van der Waals surface area contributed by atoms with Crippen LogP contribution in [0.4, 0.5) is 4.79 Å². The molecule has 0 aliphatic carbocycles. The second kappa shape index (κ2) is 8.58. The van der Waals surface area contributed by atoms with Gasteiger partial charge in [0.15, 0.2) is 0 Å². The van der Waals surface area contributed by atoms with Crippen molar-refractivity contribution in [2.24, 2.45) is 0 Å². The van der Waals surface area contributed by atoms with E-state index in [9.17, 15) is 9.59 Å². The average Bonchev–Trinajstić information content (AvgIpc) is 2.55. The second-order valence-corrected chi connectivity index (χ2v) is 5.13. The van der Waals surface area contributed by atoms with Gasteiger partial charge in [0.25, 0.3) is 0 Å². The number of carbonyl (C=O) groups is 2. The molecule has 0 saturated heterocycles. The second-order valence-electron chi connectivity index (χ2n) is 5.13. The first-order chi connectivity index (χ1) is 11.1. The van der Waals surface area contributed by atoms with Crippen molar-refractivity contribution in [3.63, 3.8) is 0 Å². The van der Waals surface area contributed by atoms with Crippen LogP contribution in [0.5, 0.6) is 0 Å². The summed E-state index contributed by atoms with van der Waals surface area (Å²) in [6.07, 6.45) is 0.231. The molecule has 0 atom stereocenters. The van der Waals surface area contributed by atoms with Gasteiger partial charge < -0.3 is 15.2 Å². The fourth-order valence-corrected chi connectivity index (χ4v) is 2.08. The molecule has 0 saturated carbocycles. The van der Waals surface area contributed by atoms with Gasteiger partial charge in [-0.3, -0.25) is 4.79 Å². The Bertz CT molecular complexity index is 638. The van der Waals surface area contributed by atoms with Gasteiger partial charge in [0.2, 0.25) is 0 Å². The number of amides is 1. The van der Waals surface area contributed by atoms with Crippen molar-refractivity contribution in [3.05, 3.63) is 71.3 Å². The molecule has 1 amide bonds. The summed E-state index contributed by atoms with van der Waals surface area (Å²) in [5.41, 5.74) is 2.73. The van der Waals surface area contributed by atoms with Crippen LogP contribution in [-0.2, 0) is 29.0 Å². The standard InChI is InChI=1S/C18H19NO4/c20-17(21)12-15-8-6-14(7-9-15)10-11-19-18(22)23-13-16-4-2-1-3-5-16/h1-9H,10-13H2,(H,19,22)(H,20,21). The fourth-order valence-electron chi connectivity index (χ4n) is 2.08. The van der Waals surface area contributed by atoms with E-state index in [2.05, 4.69) is 5.32 Å². The quantitative estimate of drug-likeness (QED) is 0.824. The van der Waals surface area contributed by atoms with Crippen LogP contribution in [0, 0.1) is 0 Å². The van der Waals surface area contributed by atoms with Crippen molar-refractivity contribution in [2.75, 3.05) is 6.54 Å². The molecule has 2 rings (SSSR count). The van der Waals surface area contributed by atoms with Gasteiger partial charge in [-0.25, -0.2) is 4.79 Å². The van der Waals surface area contributed by atoms with Gasteiger partial charge in [-0.05, 0) is 23.1 Å². The highest BCUT2D eigenvalue weighted by molar-refractivity contribution is 5.70. The first kappa shape index (κ1) is 16.5. The molecule has 0 heterocycles. The lowest BCUT2D eigenvalue weighted by atomic mass is 10.1. The summed E-state index contributed by atoms with van der Waals surface area (Å²) in [6.45, 7) is 0.711. The molecule has 5 heteroatoms. The van der Waals surface area contributed by atoms with Crippen molar-refractivity contribution in [1.82, 2.24) is 5.32 Å². The Morgan fingerprint density at radius 1 is 0.913 bits per heavy atom. The number of aliphatic carboxylic acids is 1. The normalized spacial score (nSPS) is 10.1. The zero-order valence-electron chi connectivity index (χ0n) is 12.7. The molecule has 0 spiro atoms. The lowest BCUT2D eigenvalue weighted by Gasteiger charge is -2.07. The first-order valence-electron chi connectivity index (χ1n) is 7.37. The largest absolute Gasteiger partial charge is 0.481 e. The predicted octanol–water partition coefficient (Wildman–Crippen LogP) is 2.78. The van der Waals surface area contributed by atoms with Gasteiger partial charge >= 0.3 is 12.1 Å². The van der Waals surface area contributed by atoms with Gasteiger partial charge in [0.05, 0.1) is 6.42 Å². The van der Waals surface area contributed by atoms with Gasteiger partial charge in [0, 0.05) is 6.54 Å². The Morgan fingerprint density at radius 2 is 1.57 bits per heavy atom. The monoisotopic (exact) mass is 313 g/mol. The number of carbonyl (C=O) groups excluding carboxylic acids is 1. The van der Waals surface area contributed by atoms with Crippen molar-refractivity contribution in [1.29, 1.82) is 0 Å². The van der Waals surface area contributed by atoms with Crippen LogP contribution in [0.25, 0.3) is 0 Å². The molecule has 2 N–H and O–H groups in total. The molecule has 0 aliphatic heterocycles. The molecule has 0 aromatic heterocycles. The van der Waals surface area contributed by atoms with E-state index in [1.807, 2.05) is 42.5 Å². The number of ether oxygens (including phenoxy) is 1. The molecule has 0 bridgehead atoms. The van der Waals surface area contributed by atoms with Crippen LogP contribution in [0.15, 0.2) is 54.6 Å². The number of carboxylic acid groups (broad SMARTS) is 1. The number of alkyl carbamates (subject to hydrolysis) is 1. The maximum absolute atomic E-state index is 11.6. The van der Waals surface area contributed by atoms with Crippen LogP contribution < -0.4 is 5.32 Å². The van der Waals surface area contributed by atoms with Crippen molar-refractivity contribution in [2.45, 2.75) is 19.4 Å². The average molecular weight is 313 g/mol. The summed E-state index contributed by atoms with van der Waals surface area (Å²) in [5.74, 6) is -0.847. The minimum atomic E-state index is -0.847. The van der Waals surface area contributed by atoms with E-state index < -0.39 is 12.1 Å². The summed E-state index contributed by atoms with van der Waals surface area (Å²) in [4.78, 5) is 22.2. The van der Waals surface area contributed by atoms with E-state index in [0.29, 0.717) is 13.0 Å². The zero-order chi connectivity index (χ0) is 16.5. The summed E-state index contributed by atoms with van der Waals surface area (Å²) in [5, 5.41) is 11.4. The van der Waals surface area contributed by atoms with E-state index in [-0.39, 0.29) is 13.0 Å². The van der Waals surface area contributed by atoms with Crippen molar-refractivity contribution in [3.8, 4) is 0 Å². The van der Waals surface area contributed by atoms with E-state index in [0.717, 1.165) is 16.7 Å². The Balaban J connectivity index is 1.68. The van der Waals surface area contributed by atoms with E-state index in [1.54, 1.807) is 12.1 Å². The van der Waals surface area contributed by atoms with Crippen LogP contribution in [0.1, 0.15) is 16.7 Å². The van der Waals surface area contributed by atoms with Crippen LogP contribution >= 0.6 is 0 Å². The number of benzene rings is 2. The Labute approximate surface area is 134 Å². The van der Waals surface area contributed by atoms with E-state index >= 15 is 0 Å². The number of hydrogen-bond acceptors (Lipinski definition) is 3. The Hall–Kier alpha value is -2.82. The summed E-state index contributed by atoms with van der Waals surface area (Å²) in [6, 6.07) is 16.8. The van der Waals surface area contributed by atoms with E-state index in [1.165, 1.54) is 0 Å². The summed E-state index contributed by atoms with van der Waals surface area (Å²) >= 11 is 0. The zero-order valence-corrected chi connectivity index (χ0v) is 12.7.